The summed E-state index contributed by atoms with van der Waals surface area (Å²) in [4.78, 5) is 1.13. The summed E-state index contributed by atoms with van der Waals surface area (Å²) in [5, 5.41) is 0. The first-order valence-corrected chi connectivity index (χ1v) is 3.30. The third kappa shape index (κ3) is 10.3. The number of halogens is 5. The second-order valence-electron chi connectivity index (χ2n) is 2.04. The maximum atomic E-state index is 11.5. The van der Waals surface area contributed by atoms with Gasteiger partial charge in [-0.25, -0.2) is 0 Å². The maximum Gasteiger partial charge on any atom is 0.401 e. The molecule has 0 atom stereocenters. The van der Waals surface area contributed by atoms with E-state index >= 15 is 0 Å². The van der Waals surface area contributed by atoms with Crippen molar-refractivity contribution in [1.29, 1.82) is 0 Å². The number of nitrogens with zero attached hydrogens (tertiary/aromatic N) is 1. The van der Waals surface area contributed by atoms with Gasteiger partial charge in [-0.05, 0) is 7.05 Å². The van der Waals surface area contributed by atoms with Gasteiger partial charge in [-0.1, -0.05) is 0 Å². The van der Waals surface area contributed by atoms with Crippen LogP contribution in [0.2, 0.25) is 0 Å². The van der Waals surface area contributed by atoms with Gasteiger partial charge in [0.1, 0.15) is 0 Å². The van der Waals surface area contributed by atoms with E-state index < -0.39 is 12.7 Å². The molecule has 0 aromatic carbocycles. The molecule has 0 bridgehead atoms. The molecule has 0 saturated carbocycles. The standard InChI is InChI=1S/C5H9ClF3N.ClH/c1-10(3-2-6)4-5(7,8)9;/h2-4H2,1H3;1H. The summed E-state index contributed by atoms with van der Waals surface area (Å²) in [6.07, 6.45) is -4.11. The highest BCUT2D eigenvalue weighted by Crippen LogP contribution is 2.15. The summed E-state index contributed by atoms with van der Waals surface area (Å²) in [7, 11) is 1.38. The summed E-state index contributed by atoms with van der Waals surface area (Å²) in [5.74, 6) is 0.229. The smallest absolute Gasteiger partial charge is 0.297 e. The van der Waals surface area contributed by atoms with Crippen LogP contribution in [0.4, 0.5) is 13.2 Å². The van der Waals surface area contributed by atoms with Gasteiger partial charge in [0.15, 0.2) is 0 Å². The molecule has 0 saturated heterocycles. The van der Waals surface area contributed by atoms with Crippen LogP contribution >= 0.6 is 24.0 Å². The molecule has 0 N–H and O–H groups in total. The molecule has 0 amide bonds. The first kappa shape index (κ1) is 13.9. The lowest BCUT2D eigenvalue weighted by atomic mass is 10.5. The second-order valence-corrected chi connectivity index (χ2v) is 2.42. The van der Waals surface area contributed by atoms with Crippen LogP contribution in [0, 0.1) is 0 Å². The molecule has 0 aliphatic carbocycles. The predicted octanol–water partition coefficient (Wildman–Crippen LogP) is 2.14. The van der Waals surface area contributed by atoms with E-state index in [0.717, 1.165) is 4.90 Å². The van der Waals surface area contributed by atoms with Crippen LogP contribution in [-0.2, 0) is 0 Å². The Morgan fingerprint density at radius 3 is 2.09 bits per heavy atom. The van der Waals surface area contributed by atoms with Gasteiger partial charge in [-0.15, -0.1) is 24.0 Å². The van der Waals surface area contributed by atoms with Crippen molar-refractivity contribution in [1.82, 2.24) is 4.90 Å². The van der Waals surface area contributed by atoms with Gasteiger partial charge in [0.25, 0.3) is 0 Å². The van der Waals surface area contributed by atoms with Crippen LogP contribution in [0.1, 0.15) is 0 Å². The zero-order chi connectivity index (χ0) is 8.20. The summed E-state index contributed by atoms with van der Waals surface area (Å²) in [5.41, 5.74) is 0. The fourth-order valence-electron chi connectivity index (χ4n) is 0.529. The van der Waals surface area contributed by atoms with Crippen molar-refractivity contribution >= 4 is 24.0 Å². The molecule has 0 heterocycles. The van der Waals surface area contributed by atoms with Crippen molar-refractivity contribution in [2.24, 2.45) is 0 Å². The summed E-state index contributed by atoms with van der Waals surface area (Å²) in [6.45, 7) is -0.624. The summed E-state index contributed by atoms with van der Waals surface area (Å²) < 4.78 is 34.6. The fourth-order valence-corrected chi connectivity index (χ4v) is 0.818. The van der Waals surface area contributed by atoms with Crippen LogP contribution < -0.4 is 0 Å². The molecule has 0 radical (unpaired) electrons. The first-order chi connectivity index (χ1) is 4.45. The van der Waals surface area contributed by atoms with Gasteiger partial charge in [0.2, 0.25) is 0 Å². The van der Waals surface area contributed by atoms with E-state index in [-0.39, 0.29) is 24.8 Å². The Bertz CT molecular complexity index is 96.2. The van der Waals surface area contributed by atoms with Gasteiger partial charge in [0, 0.05) is 12.4 Å². The Morgan fingerprint density at radius 1 is 1.36 bits per heavy atom. The van der Waals surface area contributed by atoms with Crippen LogP contribution in [0.3, 0.4) is 0 Å². The van der Waals surface area contributed by atoms with Crippen molar-refractivity contribution in [3.8, 4) is 0 Å². The Labute approximate surface area is 74.9 Å². The number of hydrogen-bond donors (Lipinski definition) is 0. The third-order valence-electron chi connectivity index (χ3n) is 0.915. The average molecular weight is 212 g/mol. The van der Waals surface area contributed by atoms with E-state index in [0.29, 0.717) is 0 Å². The van der Waals surface area contributed by atoms with Crippen molar-refractivity contribution in [3.63, 3.8) is 0 Å². The normalized spacial score (nSPS) is 11.5. The van der Waals surface area contributed by atoms with E-state index in [1.165, 1.54) is 7.05 Å². The van der Waals surface area contributed by atoms with E-state index in [1.807, 2.05) is 0 Å². The van der Waals surface area contributed by atoms with E-state index in [4.69, 9.17) is 11.6 Å². The molecule has 1 nitrogen and oxygen atoms in total. The highest BCUT2D eigenvalue weighted by atomic mass is 35.5. The highest BCUT2D eigenvalue weighted by molar-refractivity contribution is 6.18. The Morgan fingerprint density at radius 2 is 1.82 bits per heavy atom. The molecule has 0 spiro atoms. The zero-order valence-corrected chi connectivity index (χ0v) is 7.56. The number of hydrogen-bond acceptors (Lipinski definition) is 1. The minimum absolute atomic E-state index is 0. The van der Waals surface area contributed by atoms with Crippen molar-refractivity contribution in [3.05, 3.63) is 0 Å². The van der Waals surface area contributed by atoms with Crippen LogP contribution in [0.5, 0.6) is 0 Å². The molecule has 0 fully saturated rings. The van der Waals surface area contributed by atoms with Gasteiger partial charge in [-0.2, -0.15) is 13.2 Å². The summed E-state index contributed by atoms with van der Waals surface area (Å²) >= 11 is 5.22. The Kier molecular flexibility index (Phi) is 7.47. The first-order valence-electron chi connectivity index (χ1n) is 2.77. The quantitative estimate of drug-likeness (QED) is 0.647. The molecule has 0 rings (SSSR count). The van der Waals surface area contributed by atoms with E-state index in [9.17, 15) is 13.2 Å². The number of rotatable bonds is 3. The van der Waals surface area contributed by atoms with Crippen molar-refractivity contribution in [2.45, 2.75) is 6.18 Å². The zero-order valence-electron chi connectivity index (χ0n) is 5.99. The predicted molar refractivity (Wildman–Crippen MR) is 41.5 cm³/mol. The minimum Gasteiger partial charge on any atom is -0.297 e. The van der Waals surface area contributed by atoms with Crippen LogP contribution in [-0.4, -0.2) is 37.1 Å². The number of alkyl halides is 4. The maximum absolute atomic E-state index is 11.5. The summed E-state index contributed by atoms with van der Waals surface area (Å²) in [6, 6.07) is 0. The lowest BCUT2D eigenvalue weighted by Gasteiger charge is -2.16. The molecule has 0 aliphatic rings. The van der Waals surface area contributed by atoms with Crippen molar-refractivity contribution in [2.75, 3.05) is 26.0 Å². The topological polar surface area (TPSA) is 3.24 Å². The fraction of sp³-hybridized carbons (Fsp3) is 1.00. The second kappa shape index (κ2) is 5.91. The molecule has 0 unspecified atom stereocenters. The molecule has 70 valence electrons. The van der Waals surface area contributed by atoms with Crippen LogP contribution in [0.15, 0.2) is 0 Å². The largest absolute Gasteiger partial charge is 0.401 e. The van der Waals surface area contributed by atoms with E-state index in [2.05, 4.69) is 0 Å². The molecule has 0 aromatic rings. The van der Waals surface area contributed by atoms with Gasteiger partial charge >= 0.3 is 6.18 Å². The Hall–Kier alpha value is 0.330. The van der Waals surface area contributed by atoms with Gasteiger partial charge in [-0.3, -0.25) is 4.90 Å². The molecule has 11 heavy (non-hydrogen) atoms. The molecular formula is C5H10Cl2F3N. The lowest BCUT2D eigenvalue weighted by molar-refractivity contribution is -0.142. The van der Waals surface area contributed by atoms with Gasteiger partial charge in [0.05, 0.1) is 6.54 Å². The Balaban J connectivity index is 0. The molecular weight excluding hydrogens is 202 g/mol. The highest BCUT2D eigenvalue weighted by Gasteiger charge is 2.28. The average Bonchev–Trinajstić information content (AvgIpc) is 1.59. The SMILES string of the molecule is CN(CCCl)CC(F)(F)F.Cl. The monoisotopic (exact) mass is 211 g/mol. The molecule has 6 heteroatoms. The molecule has 0 aromatic heterocycles. The lowest BCUT2D eigenvalue weighted by Crippen LogP contribution is -2.32. The van der Waals surface area contributed by atoms with Crippen molar-refractivity contribution < 1.29 is 13.2 Å². The van der Waals surface area contributed by atoms with Crippen LogP contribution in [0.25, 0.3) is 0 Å². The van der Waals surface area contributed by atoms with E-state index in [1.54, 1.807) is 0 Å². The third-order valence-corrected chi connectivity index (χ3v) is 1.08. The minimum atomic E-state index is -4.11. The molecule has 0 aliphatic heterocycles. The van der Waals surface area contributed by atoms with Gasteiger partial charge < -0.3 is 0 Å².